The molecule has 0 aliphatic heterocycles. The summed E-state index contributed by atoms with van der Waals surface area (Å²) in [6.45, 7) is 0. The van der Waals surface area contributed by atoms with Gasteiger partial charge in [-0.3, -0.25) is 0 Å². The fourth-order valence-electron chi connectivity index (χ4n) is 3.41. The van der Waals surface area contributed by atoms with Crippen molar-refractivity contribution < 1.29 is 0 Å². The molecule has 2 aliphatic carbocycles. The Balaban J connectivity index is 1.67. The molecule has 0 heterocycles. The van der Waals surface area contributed by atoms with Crippen LogP contribution in [0.3, 0.4) is 0 Å². The van der Waals surface area contributed by atoms with Crippen molar-refractivity contribution in [3.05, 3.63) is 83.9 Å². The van der Waals surface area contributed by atoms with Gasteiger partial charge in [-0.1, -0.05) is 72.8 Å². The van der Waals surface area contributed by atoms with Gasteiger partial charge in [0, 0.05) is 11.8 Å². The van der Waals surface area contributed by atoms with Crippen LogP contribution in [-0.2, 0) is 0 Å². The fraction of sp³-hybridized carbons (Fsp3) is 0.158. The molecule has 19 heavy (non-hydrogen) atoms. The zero-order valence-corrected chi connectivity index (χ0v) is 10.8. The monoisotopic (exact) mass is 244 g/mol. The smallest absolute Gasteiger partial charge is 0.00360 e. The summed E-state index contributed by atoms with van der Waals surface area (Å²) in [7, 11) is 0. The molecule has 0 fully saturated rings. The zero-order valence-electron chi connectivity index (χ0n) is 10.8. The second-order valence-corrected chi connectivity index (χ2v) is 5.42. The van der Waals surface area contributed by atoms with Crippen LogP contribution in [0.5, 0.6) is 0 Å². The first-order chi connectivity index (χ1) is 9.42. The van der Waals surface area contributed by atoms with Crippen LogP contribution in [0.25, 0.3) is 11.1 Å². The number of hydrogen-bond acceptors (Lipinski definition) is 0. The van der Waals surface area contributed by atoms with E-state index in [-0.39, 0.29) is 0 Å². The summed E-state index contributed by atoms with van der Waals surface area (Å²) in [5.74, 6) is 1.23. The number of fused-ring (bicyclic) bond motifs is 2. The van der Waals surface area contributed by atoms with Crippen molar-refractivity contribution in [1.29, 1.82) is 0 Å². The average Bonchev–Trinajstić information content (AvgIpc) is 3.09. The van der Waals surface area contributed by atoms with Gasteiger partial charge in [-0.05, 0) is 28.7 Å². The van der Waals surface area contributed by atoms with Crippen LogP contribution in [0.2, 0.25) is 0 Å². The minimum Gasteiger partial charge on any atom is -0.0725 e. The molecular weight excluding hydrogens is 228 g/mol. The van der Waals surface area contributed by atoms with E-state index >= 15 is 0 Å². The van der Waals surface area contributed by atoms with E-state index in [2.05, 4.69) is 72.8 Å². The Morgan fingerprint density at radius 2 is 1.00 bits per heavy atom. The van der Waals surface area contributed by atoms with Crippen LogP contribution in [-0.4, -0.2) is 0 Å². The van der Waals surface area contributed by atoms with E-state index < -0.39 is 0 Å². The summed E-state index contributed by atoms with van der Waals surface area (Å²) < 4.78 is 0. The van der Waals surface area contributed by atoms with Gasteiger partial charge in [0.05, 0.1) is 0 Å². The van der Waals surface area contributed by atoms with Gasteiger partial charge in [-0.2, -0.15) is 0 Å². The molecule has 2 bridgehead atoms. The maximum absolute atomic E-state index is 2.47. The van der Waals surface area contributed by atoms with E-state index in [0.717, 1.165) is 0 Å². The molecule has 2 aliphatic rings. The third-order valence-electron chi connectivity index (χ3n) is 4.28. The molecule has 0 saturated carbocycles. The van der Waals surface area contributed by atoms with Crippen LogP contribution in [0.4, 0.5) is 0 Å². The largest absolute Gasteiger partial charge is 0.0725 e. The molecule has 2 aromatic rings. The second-order valence-electron chi connectivity index (χ2n) is 5.42. The van der Waals surface area contributed by atoms with Crippen molar-refractivity contribution in [3.63, 3.8) is 0 Å². The second kappa shape index (κ2) is 4.24. The van der Waals surface area contributed by atoms with Gasteiger partial charge in [-0.15, -0.1) is 0 Å². The van der Waals surface area contributed by atoms with Gasteiger partial charge in [0.1, 0.15) is 0 Å². The first-order valence-corrected chi connectivity index (χ1v) is 6.96. The third kappa shape index (κ3) is 1.76. The number of rotatable bonds is 2. The quantitative estimate of drug-likeness (QED) is 0.711. The molecule has 0 nitrogen and oxygen atoms in total. The molecule has 0 unspecified atom stereocenters. The fourth-order valence-corrected chi connectivity index (χ4v) is 3.41. The molecule has 0 N–H and O–H groups in total. The summed E-state index contributed by atoms with van der Waals surface area (Å²) in [5, 5.41) is 0. The van der Waals surface area contributed by atoms with E-state index in [1.165, 1.54) is 28.7 Å². The maximum Gasteiger partial charge on any atom is 0.00360 e. The molecule has 0 heteroatoms. The lowest BCUT2D eigenvalue weighted by molar-refractivity contribution is 0.745. The van der Waals surface area contributed by atoms with E-state index in [9.17, 15) is 0 Å². The Morgan fingerprint density at radius 3 is 1.37 bits per heavy atom. The summed E-state index contributed by atoms with van der Waals surface area (Å²) in [5.41, 5.74) is 5.81. The van der Waals surface area contributed by atoms with Crippen LogP contribution in [0.15, 0.2) is 72.8 Å². The molecule has 4 rings (SSSR count). The van der Waals surface area contributed by atoms with Crippen LogP contribution in [0, 0.1) is 11.8 Å². The summed E-state index contributed by atoms with van der Waals surface area (Å²) in [6, 6.07) is 21.6. The lowest BCUT2D eigenvalue weighted by Gasteiger charge is -2.14. The van der Waals surface area contributed by atoms with Gasteiger partial charge in [0.15, 0.2) is 0 Å². The standard InChI is InChI=1S/C19H16/c1-3-7-14(8-4-1)18-12-17-11-16(18)13-19(17)15-9-5-2-6-10-15/h1-10,12-13,16-17H,11H2/t16-,17-/m0/s1. The Morgan fingerprint density at radius 1 is 0.579 bits per heavy atom. The van der Waals surface area contributed by atoms with E-state index in [0.29, 0.717) is 11.8 Å². The van der Waals surface area contributed by atoms with Crippen molar-refractivity contribution >= 4 is 11.1 Å². The van der Waals surface area contributed by atoms with E-state index in [4.69, 9.17) is 0 Å². The van der Waals surface area contributed by atoms with E-state index in [1.54, 1.807) is 0 Å². The Labute approximate surface area is 114 Å². The van der Waals surface area contributed by atoms with Crippen LogP contribution >= 0.6 is 0 Å². The van der Waals surface area contributed by atoms with Crippen molar-refractivity contribution in [2.45, 2.75) is 6.42 Å². The molecule has 2 atom stereocenters. The summed E-state index contributed by atoms with van der Waals surface area (Å²) in [6.07, 6.45) is 6.21. The SMILES string of the molecule is C1=C(c2ccccc2)[C@@H]2C=C(c3ccccc3)[C@H]1C2. The lowest BCUT2D eigenvalue weighted by atomic mass is 9.91. The van der Waals surface area contributed by atoms with Crippen LogP contribution in [0.1, 0.15) is 17.5 Å². The van der Waals surface area contributed by atoms with E-state index in [1.807, 2.05) is 0 Å². The minimum atomic E-state index is 0.614. The maximum atomic E-state index is 2.47. The third-order valence-corrected chi connectivity index (χ3v) is 4.28. The van der Waals surface area contributed by atoms with Crippen molar-refractivity contribution in [3.8, 4) is 0 Å². The molecule has 0 saturated heterocycles. The zero-order chi connectivity index (χ0) is 12.7. The first kappa shape index (κ1) is 10.8. The highest BCUT2D eigenvalue weighted by Gasteiger charge is 2.34. The lowest BCUT2D eigenvalue weighted by Crippen LogP contribution is -1.95. The molecule has 0 spiro atoms. The number of allylic oxidation sites excluding steroid dienone is 4. The Kier molecular flexibility index (Phi) is 2.41. The highest BCUT2D eigenvalue weighted by Crippen LogP contribution is 2.50. The summed E-state index contributed by atoms with van der Waals surface area (Å²) in [4.78, 5) is 0. The molecule has 92 valence electrons. The average molecular weight is 244 g/mol. The summed E-state index contributed by atoms with van der Waals surface area (Å²) >= 11 is 0. The normalized spacial score (nSPS) is 24.2. The topological polar surface area (TPSA) is 0 Å². The molecular formula is C19H16. The highest BCUT2D eigenvalue weighted by molar-refractivity contribution is 5.84. The van der Waals surface area contributed by atoms with Crippen molar-refractivity contribution in [1.82, 2.24) is 0 Å². The van der Waals surface area contributed by atoms with Gasteiger partial charge in [0.25, 0.3) is 0 Å². The van der Waals surface area contributed by atoms with Crippen molar-refractivity contribution in [2.24, 2.45) is 11.8 Å². The molecule has 0 amide bonds. The molecule has 2 aromatic carbocycles. The first-order valence-electron chi connectivity index (χ1n) is 6.96. The predicted octanol–water partition coefficient (Wildman–Crippen LogP) is 4.80. The number of benzene rings is 2. The number of hydrogen-bond donors (Lipinski definition) is 0. The molecule has 0 aromatic heterocycles. The highest BCUT2D eigenvalue weighted by atomic mass is 14.4. The van der Waals surface area contributed by atoms with Gasteiger partial charge in [0.2, 0.25) is 0 Å². The Bertz CT molecular complexity index is 587. The van der Waals surface area contributed by atoms with Crippen molar-refractivity contribution in [2.75, 3.05) is 0 Å². The minimum absolute atomic E-state index is 0.614. The Hall–Kier alpha value is -2.08. The predicted molar refractivity (Wildman–Crippen MR) is 80.4 cm³/mol. The van der Waals surface area contributed by atoms with Gasteiger partial charge < -0.3 is 0 Å². The van der Waals surface area contributed by atoms with Gasteiger partial charge in [-0.25, -0.2) is 0 Å². The van der Waals surface area contributed by atoms with Crippen LogP contribution < -0.4 is 0 Å². The van der Waals surface area contributed by atoms with Gasteiger partial charge >= 0.3 is 0 Å². The molecule has 0 radical (unpaired) electrons.